The Bertz CT molecular complexity index is 485. The molecule has 4 N–H and O–H groups in total. The molecule has 0 bridgehead atoms. The van der Waals surface area contributed by atoms with Crippen molar-refractivity contribution < 1.29 is 9.53 Å². The van der Waals surface area contributed by atoms with E-state index in [0.29, 0.717) is 13.0 Å². The topological polar surface area (TPSA) is 88.2 Å². The molecule has 1 aromatic rings. The minimum atomic E-state index is -0.0965. The molecule has 0 radical (unpaired) electrons. The molecule has 0 saturated heterocycles. The predicted octanol–water partition coefficient (Wildman–Crippen LogP) is 1.52. The van der Waals surface area contributed by atoms with Gasteiger partial charge in [-0.1, -0.05) is 6.92 Å². The number of hydrogen-bond acceptors (Lipinski definition) is 3. The molecule has 18 heavy (non-hydrogen) atoms. The lowest BCUT2D eigenvalue weighted by atomic mass is 10.0. The van der Waals surface area contributed by atoms with E-state index >= 15 is 0 Å². The third kappa shape index (κ3) is 2.80. The average Bonchev–Trinajstić information content (AvgIpc) is 2.35. The van der Waals surface area contributed by atoms with Gasteiger partial charge < -0.3 is 15.8 Å². The zero-order valence-corrected chi connectivity index (χ0v) is 10.3. The van der Waals surface area contributed by atoms with Crippen molar-refractivity contribution in [1.82, 2.24) is 0 Å². The summed E-state index contributed by atoms with van der Waals surface area (Å²) in [5, 5.41) is 10.1. The van der Waals surface area contributed by atoms with Crippen LogP contribution < -0.4 is 15.8 Å². The van der Waals surface area contributed by atoms with E-state index in [1.54, 1.807) is 0 Å². The van der Waals surface area contributed by atoms with Gasteiger partial charge in [0, 0.05) is 18.0 Å². The number of nitrogens with two attached hydrogens (primary N) is 1. The molecule has 1 amide bonds. The van der Waals surface area contributed by atoms with Gasteiger partial charge >= 0.3 is 0 Å². The molecule has 0 spiro atoms. The minimum absolute atomic E-state index is 0.0568. The quantitative estimate of drug-likeness (QED) is 0.556. The largest absolute Gasteiger partial charge is 0.493 e. The summed E-state index contributed by atoms with van der Waals surface area (Å²) in [7, 11) is 0. The molecule has 2 rings (SSSR count). The van der Waals surface area contributed by atoms with Crippen LogP contribution in [0.5, 0.6) is 5.75 Å². The monoisotopic (exact) mass is 247 g/mol. The van der Waals surface area contributed by atoms with E-state index in [1.807, 2.05) is 25.1 Å². The van der Waals surface area contributed by atoms with Crippen LogP contribution in [0.15, 0.2) is 18.2 Å². The predicted molar refractivity (Wildman–Crippen MR) is 70.0 cm³/mol. The van der Waals surface area contributed by atoms with Crippen LogP contribution in [0.4, 0.5) is 5.69 Å². The second-order valence-corrected chi connectivity index (χ2v) is 4.53. The van der Waals surface area contributed by atoms with Crippen molar-refractivity contribution >= 4 is 17.4 Å². The van der Waals surface area contributed by atoms with Crippen LogP contribution in [0.3, 0.4) is 0 Å². The van der Waals surface area contributed by atoms with Crippen LogP contribution in [0.1, 0.15) is 18.9 Å². The number of aryl methyl sites for hydroxylation is 1. The Balaban J connectivity index is 2.03. The normalized spacial score (nSPS) is 15.5. The van der Waals surface area contributed by atoms with Crippen molar-refractivity contribution in [3.05, 3.63) is 23.8 Å². The molecule has 1 aromatic carbocycles. The molecule has 5 heteroatoms. The number of carbonyl (C=O) groups is 1. The summed E-state index contributed by atoms with van der Waals surface area (Å²) >= 11 is 0. The Morgan fingerprint density at radius 1 is 1.56 bits per heavy atom. The first kappa shape index (κ1) is 12.4. The molecule has 5 nitrogen and oxygen atoms in total. The first-order valence-corrected chi connectivity index (χ1v) is 5.96. The average molecular weight is 247 g/mol. The Morgan fingerprint density at radius 3 is 3.06 bits per heavy atom. The van der Waals surface area contributed by atoms with Crippen LogP contribution in [-0.2, 0) is 11.2 Å². The number of ether oxygens (including phenoxy) is 1. The van der Waals surface area contributed by atoms with Gasteiger partial charge in [-0.05, 0) is 30.2 Å². The number of rotatable bonds is 4. The maximum Gasteiger partial charge on any atom is 0.224 e. The maximum atomic E-state index is 11.2. The molecule has 1 atom stereocenters. The molecule has 0 aromatic heterocycles. The van der Waals surface area contributed by atoms with E-state index in [9.17, 15) is 4.79 Å². The third-order valence-corrected chi connectivity index (χ3v) is 3.00. The van der Waals surface area contributed by atoms with Crippen LogP contribution in [0.25, 0.3) is 0 Å². The molecule has 1 aliphatic rings. The number of amidine groups is 1. The van der Waals surface area contributed by atoms with Crippen molar-refractivity contribution in [2.24, 2.45) is 11.7 Å². The lowest BCUT2D eigenvalue weighted by molar-refractivity contribution is -0.116. The Kier molecular flexibility index (Phi) is 3.50. The summed E-state index contributed by atoms with van der Waals surface area (Å²) < 4.78 is 5.59. The van der Waals surface area contributed by atoms with Crippen molar-refractivity contribution in [2.45, 2.75) is 19.8 Å². The minimum Gasteiger partial charge on any atom is -0.493 e. The number of anilines is 1. The second-order valence-electron chi connectivity index (χ2n) is 4.53. The Hall–Kier alpha value is -2.04. The van der Waals surface area contributed by atoms with Crippen molar-refractivity contribution in [1.29, 1.82) is 5.41 Å². The van der Waals surface area contributed by atoms with E-state index in [0.717, 1.165) is 23.4 Å². The van der Waals surface area contributed by atoms with Gasteiger partial charge in [0.2, 0.25) is 5.91 Å². The summed E-state index contributed by atoms with van der Waals surface area (Å²) in [4.78, 5) is 11.2. The zero-order valence-electron chi connectivity index (χ0n) is 10.3. The summed E-state index contributed by atoms with van der Waals surface area (Å²) in [6.45, 7) is 2.24. The van der Waals surface area contributed by atoms with Crippen LogP contribution >= 0.6 is 0 Å². The van der Waals surface area contributed by atoms with Gasteiger partial charge in [-0.3, -0.25) is 10.2 Å². The van der Waals surface area contributed by atoms with Crippen molar-refractivity contribution in [3.8, 4) is 5.75 Å². The van der Waals surface area contributed by atoms with Gasteiger partial charge in [0.15, 0.2) is 0 Å². The molecule has 0 aliphatic carbocycles. The lowest BCUT2D eigenvalue weighted by Crippen LogP contribution is -2.25. The second kappa shape index (κ2) is 5.08. The molecular weight excluding hydrogens is 230 g/mol. The van der Waals surface area contributed by atoms with E-state index in [1.165, 1.54) is 0 Å². The Morgan fingerprint density at radius 2 is 2.33 bits per heavy atom. The van der Waals surface area contributed by atoms with Gasteiger partial charge in [0.25, 0.3) is 0 Å². The van der Waals surface area contributed by atoms with E-state index in [4.69, 9.17) is 15.9 Å². The highest BCUT2D eigenvalue weighted by Gasteiger charge is 2.15. The highest BCUT2D eigenvalue weighted by atomic mass is 16.5. The molecular formula is C13H17N3O2. The molecule has 96 valence electrons. The molecule has 1 unspecified atom stereocenters. The van der Waals surface area contributed by atoms with E-state index in [-0.39, 0.29) is 17.7 Å². The maximum absolute atomic E-state index is 11.2. The number of benzene rings is 1. The number of hydrogen-bond donors (Lipinski definition) is 3. The Labute approximate surface area is 106 Å². The highest BCUT2D eigenvalue weighted by Crippen LogP contribution is 2.26. The smallest absolute Gasteiger partial charge is 0.224 e. The van der Waals surface area contributed by atoms with Crippen LogP contribution in [0, 0.1) is 11.3 Å². The number of amides is 1. The fraction of sp³-hybridized carbons (Fsp3) is 0.385. The van der Waals surface area contributed by atoms with Crippen LogP contribution in [0.2, 0.25) is 0 Å². The van der Waals surface area contributed by atoms with Gasteiger partial charge in [-0.2, -0.15) is 0 Å². The van der Waals surface area contributed by atoms with E-state index < -0.39 is 0 Å². The fourth-order valence-electron chi connectivity index (χ4n) is 1.76. The summed E-state index contributed by atoms with van der Waals surface area (Å²) in [5.74, 6) is 0.834. The molecule has 1 aliphatic heterocycles. The highest BCUT2D eigenvalue weighted by molar-refractivity contribution is 5.94. The molecule has 1 heterocycles. The number of carbonyl (C=O) groups excluding carboxylic acids is 1. The zero-order chi connectivity index (χ0) is 13.1. The first-order valence-electron chi connectivity index (χ1n) is 5.96. The lowest BCUT2D eigenvalue weighted by Gasteiger charge is -2.18. The number of fused-ring (bicyclic) bond motifs is 1. The van der Waals surface area contributed by atoms with Crippen LogP contribution in [-0.4, -0.2) is 18.3 Å². The van der Waals surface area contributed by atoms with Gasteiger partial charge in [-0.15, -0.1) is 0 Å². The summed E-state index contributed by atoms with van der Waals surface area (Å²) in [6, 6.07) is 5.60. The SMILES string of the molecule is CC(COc1ccc2c(c1)CCC(=O)N2)C(=N)N. The number of nitrogens with one attached hydrogen (secondary N) is 2. The summed E-state index contributed by atoms with van der Waals surface area (Å²) in [6.07, 6.45) is 1.25. The van der Waals surface area contributed by atoms with Crippen molar-refractivity contribution in [2.75, 3.05) is 11.9 Å². The summed E-state index contributed by atoms with van der Waals surface area (Å²) in [5.41, 5.74) is 7.33. The van der Waals surface area contributed by atoms with Gasteiger partial charge in [0.05, 0.1) is 12.4 Å². The standard InChI is InChI=1S/C13H17N3O2/c1-8(13(14)15)7-18-10-3-4-11-9(6-10)2-5-12(17)16-11/h3-4,6,8H,2,5,7H2,1H3,(H3,14,15)(H,16,17). The molecule has 0 fully saturated rings. The van der Waals surface area contributed by atoms with Gasteiger partial charge in [0.1, 0.15) is 5.75 Å². The molecule has 0 saturated carbocycles. The van der Waals surface area contributed by atoms with Gasteiger partial charge in [-0.25, -0.2) is 0 Å². The third-order valence-electron chi connectivity index (χ3n) is 3.00. The van der Waals surface area contributed by atoms with Crippen molar-refractivity contribution in [3.63, 3.8) is 0 Å². The van der Waals surface area contributed by atoms with E-state index in [2.05, 4.69) is 5.32 Å². The first-order chi connectivity index (χ1) is 8.56. The fourth-order valence-corrected chi connectivity index (χ4v) is 1.76.